The Labute approximate surface area is 174 Å². The molecule has 0 aromatic heterocycles. The third kappa shape index (κ3) is 4.57. The molecule has 4 unspecified atom stereocenters. The van der Waals surface area contributed by atoms with E-state index < -0.39 is 0 Å². The van der Waals surface area contributed by atoms with E-state index in [9.17, 15) is 0 Å². The first-order valence-electron chi connectivity index (χ1n) is 11.0. The van der Waals surface area contributed by atoms with Crippen molar-refractivity contribution in [2.24, 2.45) is 11.8 Å². The summed E-state index contributed by atoms with van der Waals surface area (Å²) < 4.78 is 0. The zero-order valence-corrected chi connectivity index (χ0v) is 19.8. The number of fused-ring (bicyclic) bond motifs is 2. The molecule has 5 aliphatic rings. The van der Waals surface area contributed by atoms with Gasteiger partial charge in [0.1, 0.15) is 0 Å². The van der Waals surface area contributed by atoms with Crippen LogP contribution in [0.1, 0.15) is 83.5 Å². The Balaban J connectivity index is 0.000000156. The van der Waals surface area contributed by atoms with Gasteiger partial charge in [0, 0.05) is 12.1 Å². The van der Waals surface area contributed by atoms with Crippen molar-refractivity contribution in [2.45, 2.75) is 102 Å². The van der Waals surface area contributed by atoms with Crippen LogP contribution in [-0.4, -0.2) is 35.0 Å². The third-order valence-electron chi connectivity index (χ3n) is 7.32. The van der Waals surface area contributed by atoms with Crippen molar-refractivity contribution in [1.29, 1.82) is 0 Å². The van der Waals surface area contributed by atoms with Crippen LogP contribution >= 0.6 is 0 Å². The van der Waals surface area contributed by atoms with Gasteiger partial charge in [0.2, 0.25) is 0 Å². The monoisotopic (exact) mass is 404 g/mol. The van der Waals surface area contributed by atoms with E-state index in [1.165, 1.54) is 83.5 Å². The fourth-order valence-corrected chi connectivity index (χ4v) is 5.82. The van der Waals surface area contributed by atoms with Crippen molar-refractivity contribution in [3.05, 3.63) is 24.6 Å². The van der Waals surface area contributed by atoms with Crippen LogP contribution in [0.5, 0.6) is 0 Å². The first kappa shape index (κ1) is 20.4. The Bertz CT molecular complexity index is 483. The second kappa shape index (κ2) is 9.76. The third-order valence-corrected chi connectivity index (χ3v) is 7.32. The summed E-state index contributed by atoms with van der Waals surface area (Å²) in [6.45, 7) is 0. The van der Waals surface area contributed by atoms with Crippen molar-refractivity contribution in [3.8, 4) is 0 Å². The zero-order valence-electron chi connectivity index (χ0n) is 16.8. The van der Waals surface area contributed by atoms with Gasteiger partial charge in [-0.1, -0.05) is 44.9 Å². The second-order valence-corrected chi connectivity index (χ2v) is 8.93. The molecule has 4 atom stereocenters. The molecule has 5 rings (SSSR count). The second-order valence-electron chi connectivity index (χ2n) is 8.93. The van der Waals surface area contributed by atoms with Crippen LogP contribution in [-0.2, 0) is 19.5 Å². The Hall–Kier alpha value is -0.297. The van der Waals surface area contributed by atoms with Crippen molar-refractivity contribution >= 4 is 0 Å². The molecule has 0 N–H and O–H groups in total. The molecule has 0 amide bonds. The largest absolute Gasteiger partial charge is 2.00 e. The maximum Gasteiger partial charge on any atom is 2.00 e. The van der Waals surface area contributed by atoms with E-state index in [0.717, 1.165) is 30.0 Å². The van der Waals surface area contributed by atoms with Crippen LogP contribution in [0.4, 0.5) is 0 Å². The van der Waals surface area contributed by atoms with Gasteiger partial charge in [-0.2, -0.15) is 0 Å². The summed E-state index contributed by atoms with van der Waals surface area (Å²) in [7, 11) is 2.15. The predicted molar refractivity (Wildman–Crippen MR) is 104 cm³/mol. The molecule has 2 heterocycles. The van der Waals surface area contributed by atoms with Gasteiger partial charge in [-0.25, -0.2) is 12.2 Å². The van der Waals surface area contributed by atoms with Gasteiger partial charge in [-0.3, -0.25) is 0 Å². The average Bonchev–Trinajstić information content (AvgIpc) is 3.27. The fourth-order valence-electron chi connectivity index (χ4n) is 5.82. The molecular weight excluding hydrogens is 370 g/mol. The van der Waals surface area contributed by atoms with Crippen LogP contribution in [0.25, 0.3) is 0 Å². The minimum Gasteiger partial charge on any atom is -0.554 e. The number of nitrogens with zero attached hydrogens (tertiary/aromatic N) is 2. The van der Waals surface area contributed by atoms with Gasteiger partial charge < -0.3 is 22.2 Å². The first-order chi connectivity index (χ1) is 12.3. The Morgan fingerprint density at radius 3 is 1.88 bits per heavy atom. The molecule has 2 nitrogen and oxygen atoms in total. The molecule has 3 saturated carbocycles. The summed E-state index contributed by atoms with van der Waals surface area (Å²) in [6, 6.07) is 2.47. The molecule has 0 radical (unpaired) electrons. The Morgan fingerprint density at radius 1 is 0.654 bits per heavy atom. The topological polar surface area (TPSA) is 6.48 Å². The van der Waals surface area contributed by atoms with E-state index in [-0.39, 0.29) is 19.5 Å². The molecule has 3 heteroatoms. The van der Waals surface area contributed by atoms with Crippen LogP contribution in [0.3, 0.4) is 0 Å². The average molecular weight is 406 g/mol. The predicted octanol–water partition coefficient (Wildman–Crippen LogP) is 5.32. The zero-order chi connectivity index (χ0) is 17.1. The smallest absolute Gasteiger partial charge is 0.554 e. The maximum absolute atomic E-state index is 3.58. The van der Waals surface area contributed by atoms with Gasteiger partial charge in [-0.05, 0) is 63.5 Å². The number of hydrogen-bond donors (Lipinski definition) is 0. The maximum atomic E-state index is 3.58. The molecule has 140 valence electrons. The van der Waals surface area contributed by atoms with Crippen LogP contribution < -0.4 is 0 Å². The Morgan fingerprint density at radius 2 is 1.19 bits per heavy atom. The number of hydrogen-bond acceptors (Lipinski definition) is 2. The molecule has 3 aliphatic carbocycles. The van der Waals surface area contributed by atoms with E-state index >= 15 is 0 Å². The van der Waals surface area contributed by atoms with E-state index in [0.29, 0.717) is 0 Å². The first-order valence-corrected chi connectivity index (χ1v) is 11.0. The summed E-state index contributed by atoms with van der Waals surface area (Å²) in [6.07, 6.45) is 30.0. The molecule has 0 bridgehead atoms. The number of rotatable bonds is 1. The van der Waals surface area contributed by atoms with Gasteiger partial charge in [0.15, 0.2) is 0 Å². The summed E-state index contributed by atoms with van der Waals surface area (Å²) >= 11 is 0. The minimum atomic E-state index is 0. The SMILES string of the molecule is CN1[C-]=CC2CCCCC21.[C-]1=CC2CCCCC2N1C1CCCCC1.[Zn+2]. The van der Waals surface area contributed by atoms with Gasteiger partial charge in [0.05, 0.1) is 0 Å². The summed E-state index contributed by atoms with van der Waals surface area (Å²) in [5.41, 5.74) is 0. The standard InChI is InChI=1S/C14H22N.C9H14N.Zn/c1-2-7-13(8-3-1)15-11-10-12-6-4-5-9-14(12)15;1-10-7-6-8-4-2-3-5-9(8)10;/h10,12-14H,1-9H2;6,8-9H,2-5H2,1H3;/q2*-1;+2. The van der Waals surface area contributed by atoms with E-state index in [2.05, 4.69) is 41.4 Å². The van der Waals surface area contributed by atoms with Crippen molar-refractivity contribution in [3.63, 3.8) is 0 Å². The van der Waals surface area contributed by atoms with Gasteiger partial charge >= 0.3 is 19.5 Å². The van der Waals surface area contributed by atoms with E-state index in [4.69, 9.17) is 0 Å². The minimum absolute atomic E-state index is 0. The molecule has 0 aromatic rings. The molecule has 3 fully saturated rings. The Kier molecular flexibility index (Phi) is 7.68. The molecule has 0 aromatic carbocycles. The van der Waals surface area contributed by atoms with Gasteiger partial charge in [0.25, 0.3) is 0 Å². The van der Waals surface area contributed by atoms with E-state index in [1.54, 1.807) is 0 Å². The fraction of sp³-hybridized carbons (Fsp3) is 0.826. The molecular formula is C23H36N2Zn. The molecule has 2 aliphatic heterocycles. The summed E-state index contributed by atoms with van der Waals surface area (Å²) in [5, 5.41) is 0. The van der Waals surface area contributed by atoms with Crippen molar-refractivity contribution in [2.75, 3.05) is 7.05 Å². The quantitative estimate of drug-likeness (QED) is 0.430. The summed E-state index contributed by atoms with van der Waals surface area (Å²) in [4.78, 5) is 4.87. The van der Waals surface area contributed by atoms with Gasteiger partial charge in [-0.15, -0.1) is 0 Å². The van der Waals surface area contributed by atoms with Crippen molar-refractivity contribution < 1.29 is 19.5 Å². The molecule has 0 spiro atoms. The summed E-state index contributed by atoms with van der Waals surface area (Å²) in [5.74, 6) is 1.68. The normalized spacial score (nSPS) is 36.0. The van der Waals surface area contributed by atoms with Crippen LogP contribution in [0.2, 0.25) is 0 Å². The van der Waals surface area contributed by atoms with Crippen molar-refractivity contribution in [1.82, 2.24) is 9.80 Å². The van der Waals surface area contributed by atoms with Crippen LogP contribution in [0, 0.1) is 24.2 Å². The van der Waals surface area contributed by atoms with E-state index in [1.807, 2.05) is 0 Å². The molecule has 26 heavy (non-hydrogen) atoms. The molecule has 0 saturated heterocycles. The van der Waals surface area contributed by atoms with Crippen LogP contribution in [0.15, 0.2) is 12.2 Å².